The summed E-state index contributed by atoms with van der Waals surface area (Å²) in [6.45, 7) is 6.04. The van der Waals surface area contributed by atoms with Gasteiger partial charge in [-0.25, -0.2) is 0 Å². The molecule has 1 aliphatic heterocycles. The Balaban J connectivity index is 2.10. The van der Waals surface area contributed by atoms with Crippen LogP contribution in [0.1, 0.15) is 26.3 Å². The average molecular weight is 415 g/mol. The Morgan fingerprint density at radius 2 is 1.76 bits per heavy atom. The number of anilines is 1. The molecule has 1 heterocycles. The number of halogens is 1. The van der Waals surface area contributed by atoms with Gasteiger partial charge in [-0.05, 0) is 56.7 Å². The van der Waals surface area contributed by atoms with Gasteiger partial charge in [0.1, 0.15) is 17.2 Å². The van der Waals surface area contributed by atoms with Crippen molar-refractivity contribution in [2.45, 2.75) is 26.8 Å². The molecule has 1 aliphatic rings. The quantitative estimate of drug-likeness (QED) is 0.682. The summed E-state index contributed by atoms with van der Waals surface area (Å²) < 4.78 is 10.8. The minimum Gasteiger partial charge on any atom is -0.495 e. The average Bonchev–Trinajstić information content (AvgIpc) is 2.93. The lowest BCUT2D eigenvalue weighted by molar-refractivity contribution is -0.138. The second-order valence-electron chi connectivity index (χ2n) is 6.75. The highest BCUT2D eigenvalue weighted by Gasteiger charge is 2.40. The molecule has 0 bridgehead atoms. The van der Waals surface area contributed by atoms with E-state index in [1.807, 2.05) is 6.92 Å². The second kappa shape index (κ2) is 8.57. The van der Waals surface area contributed by atoms with E-state index in [0.717, 1.165) is 0 Å². The van der Waals surface area contributed by atoms with Crippen LogP contribution in [0.25, 0.3) is 5.57 Å². The normalized spacial score (nSPS) is 14.1. The van der Waals surface area contributed by atoms with Gasteiger partial charge in [0, 0.05) is 11.1 Å². The van der Waals surface area contributed by atoms with Crippen LogP contribution >= 0.6 is 11.6 Å². The SMILES string of the molecule is CCOc1ccc(C2=C(Nc3cc(Cl)ccc3OC)C(=O)N(C(C)C)C2=O)cc1. The lowest BCUT2D eigenvalue weighted by Crippen LogP contribution is -2.38. The second-order valence-corrected chi connectivity index (χ2v) is 7.19. The number of imide groups is 1. The number of benzene rings is 2. The van der Waals surface area contributed by atoms with Crippen LogP contribution in [0.3, 0.4) is 0 Å². The Morgan fingerprint density at radius 3 is 2.34 bits per heavy atom. The summed E-state index contributed by atoms with van der Waals surface area (Å²) in [5, 5.41) is 3.56. The van der Waals surface area contributed by atoms with E-state index in [2.05, 4.69) is 5.32 Å². The Kier molecular flexibility index (Phi) is 6.13. The van der Waals surface area contributed by atoms with Crippen LogP contribution in [-0.4, -0.2) is 36.5 Å². The number of amides is 2. The molecule has 0 fully saturated rings. The molecule has 0 saturated heterocycles. The number of hydrogen-bond acceptors (Lipinski definition) is 5. The molecule has 3 rings (SSSR count). The first-order chi connectivity index (χ1) is 13.9. The zero-order chi connectivity index (χ0) is 21.1. The van der Waals surface area contributed by atoms with Crippen LogP contribution in [0.5, 0.6) is 11.5 Å². The van der Waals surface area contributed by atoms with Crippen LogP contribution in [0.4, 0.5) is 5.69 Å². The molecular weight excluding hydrogens is 392 g/mol. The van der Waals surface area contributed by atoms with Gasteiger partial charge in [-0.1, -0.05) is 23.7 Å². The van der Waals surface area contributed by atoms with Gasteiger partial charge in [-0.15, -0.1) is 0 Å². The Bertz CT molecular complexity index is 967. The predicted octanol–water partition coefficient (Wildman–Crippen LogP) is 4.35. The molecule has 1 N–H and O–H groups in total. The molecular formula is C22H23ClN2O4. The summed E-state index contributed by atoms with van der Waals surface area (Å²) in [5.41, 5.74) is 1.62. The van der Waals surface area contributed by atoms with Crippen molar-refractivity contribution in [3.63, 3.8) is 0 Å². The zero-order valence-corrected chi connectivity index (χ0v) is 17.5. The van der Waals surface area contributed by atoms with Crippen LogP contribution in [0, 0.1) is 0 Å². The fraction of sp³-hybridized carbons (Fsp3) is 0.273. The van der Waals surface area contributed by atoms with Crippen molar-refractivity contribution in [1.82, 2.24) is 4.90 Å². The molecule has 29 heavy (non-hydrogen) atoms. The van der Waals surface area contributed by atoms with Gasteiger partial charge in [0.05, 0.1) is 25.0 Å². The van der Waals surface area contributed by atoms with E-state index >= 15 is 0 Å². The molecule has 0 aliphatic carbocycles. The number of nitrogens with one attached hydrogen (secondary N) is 1. The molecule has 0 aromatic heterocycles. The summed E-state index contributed by atoms with van der Waals surface area (Å²) in [6.07, 6.45) is 0. The predicted molar refractivity (Wildman–Crippen MR) is 113 cm³/mol. The van der Waals surface area contributed by atoms with E-state index in [0.29, 0.717) is 40.0 Å². The van der Waals surface area contributed by atoms with Crippen molar-refractivity contribution >= 4 is 34.7 Å². The van der Waals surface area contributed by atoms with Crippen molar-refractivity contribution in [2.24, 2.45) is 0 Å². The maximum Gasteiger partial charge on any atom is 0.278 e. The van der Waals surface area contributed by atoms with Crippen molar-refractivity contribution < 1.29 is 19.1 Å². The van der Waals surface area contributed by atoms with E-state index in [1.54, 1.807) is 56.3 Å². The lowest BCUT2D eigenvalue weighted by Gasteiger charge is -2.19. The van der Waals surface area contributed by atoms with Crippen LogP contribution < -0.4 is 14.8 Å². The van der Waals surface area contributed by atoms with Gasteiger partial charge in [0.2, 0.25) is 0 Å². The first-order valence-corrected chi connectivity index (χ1v) is 9.71. The van der Waals surface area contributed by atoms with Gasteiger partial charge in [-0.2, -0.15) is 0 Å². The molecule has 2 aromatic rings. The van der Waals surface area contributed by atoms with E-state index in [4.69, 9.17) is 21.1 Å². The zero-order valence-electron chi connectivity index (χ0n) is 16.8. The molecule has 2 amide bonds. The fourth-order valence-corrected chi connectivity index (χ4v) is 3.37. The molecule has 7 heteroatoms. The highest BCUT2D eigenvalue weighted by molar-refractivity contribution is 6.37. The summed E-state index contributed by atoms with van der Waals surface area (Å²) in [6, 6.07) is 11.8. The van der Waals surface area contributed by atoms with E-state index in [1.165, 1.54) is 12.0 Å². The van der Waals surface area contributed by atoms with Gasteiger partial charge < -0.3 is 14.8 Å². The number of ether oxygens (including phenoxy) is 2. The first kappa shape index (κ1) is 20.7. The van der Waals surface area contributed by atoms with Crippen LogP contribution in [-0.2, 0) is 9.59 Å². The molecule has 0 saturated carbocycles. The van der Waals surface area contributed by atoms with Gasteiger partial charge in [-0.3, -0.25) is 14.5 Å². The van der Waals surface area contributed by atoms with Gasteiger partial charge in [0.25, 0.3) is 11.8 Å². The highest BCUT2D eigenvalue weighted by atomic mass is 35.5. The fourth-order valence-electron chi connectivity index (χ4n) is 3.20. The summed E-state index contributed by atoms with van der Waals surface area (Å²) in [4.78, 5) is 27.4. The molecule has 0 spiro atoms. The minimum absolute atomic E-state index is 0.188. The molecule has 0 unspecified atom stereocenters. The van der Waals surface area contributed by atoms with Crippen molar-refractivity contribution in [3.05, 3.63) is 58.7 Å². The third-order valence-electron chi connectivity index (χ3n) is 4.51. The van der Waals surface area contributed by atoms with E-state index in [9.17, 15) is 9.59 Å². The maximum absolute atomic E-state index is 13.1. The Morgan fingerprint density at radius 1 is 1.07 bits per heavy atom. The molecule has 2 aromatic carbocycles. The molecule has 0 radical (unpaired) electrons. The van der Waals surface area contributed by atoms with Crippen molar-refractivity contribution in [2.75, 3.05) is 19.0 Å². The number of rotatable bonds is 7. The topological polar surface area (TPSA) is 67.9 Å². The largest absolute Gasteiger partial charge is 0.495 e. The number of carbonyl (C=O) groups is 2. The van der Waals surface area contributed by atoms with Crippen LogP contribution in [0.15, 0.2) is 48.2 Å². The van der Waals surface area contributed by atoms with Gasteiger partial charge >= 0.3 is 0 Å². The van der Waals surface area contributed by atoms with E-state index < -0.39 is 5.91 Å². The monoisotopic (exact) mass is 414 g/mol. The van der Waals surface area contributed by atoms with Gasteiger partial charge in [0.15, 0.2) is 0 Å². The first-order valence-electron chi connectivity index (χ1n) is 9.33. The summed E-state index contributed by atoms with van der Waals surface area (Å²) >= 11 is 6.12. The highest BCUT2D eigenvalue weighted by Crippen LogP contribution is 2.35. The Hall–Kier alpha value is -2.99. The number of hydrogen-bond donors (Lipinski definition) is 1. The molecule has 6 nitrogen and oxygen atoms in total. The van der Waals surface area contributed by atoms with E-state index in [-0.39, 0.29) is 17.6 Å². The minimum atomic E-state index is -0.393. The number of methoxy groups -OCH3 is 1. The molecule has 0 atom stereocenters. The van der Waals surface area contributed by atoms with Crippen molar-refractivity contribution in [1.29, 1.82) is 0 Å². The third-order valence-corrected chi connectivity index (χ3v) is 4.74. The Labute approximate surface area is 175 Å². The molecule has 152 valence electrons. The third kappa shape index (κ3) is 4.07. The number of nitrogens with zero attached hydrogens (tertiary/aromatic N) is 1. The van der Waals surface area contributed by atoms with Crippen molar-refractivity contribution in [3.8, 4) is 11.5 Å². The number of carbonyl (C=O) groups excluding carboxylic acids is 2. The summed E-state index contributed by atoms with van der Waals surface area (Å²) in [5.74, 6) is 0.463. The summed E-state index contributed by atoms with van der Waals surface area (Å²) in [7, 11) is 1.53. The lowest BCUT2D eigenvalue weighted by atomic mass is 10.0. The van der Waals surface area contributed by atoms with Crippen LogP contribution in [0.2, 0.25) is 5.02 Å². The maximum atomic E-state index is 13.1. The smallest absolute Gasteiger partial charge is 0.278 e. The standard InChI is InChI=1S/C22H23ClN2O4/c1-5-29-16-9-6-14(7-10-16)19-20(22(27)25(13(2)3)21(19)26)24-17-12-15(23)8-11-18(17)28-4/h6-13,24H,5H2,1-4H3.